The molecule has 0 spiro atoms. The van der Waals surface area contributed by atoms with Crippen LogP contribution in [0.15, 0.2) is 35.4 Å². The highest BCUT2D eigenvalue weighted by Gasteiger charge is 2.38. The Balaban J connectivity index is 1.76. The highest BCUT2D eigenvalue weighted by atomic mass is 32.2. The normalized spacial score (nSPS) is 14.0. The molecular formula is C22H17F5N4O4S. The molecule has 2 aromatic heterocycles. The van der Waals surface area contributed by atoms with Gasteiger partial charge in [0.25, 0.3) is 17.7 Å². The molecule has 0 unspecified atom stereocenters. The SMILES string of the molecule is Cc1c(C(F)(F)F)nnc(Oc2ncc(C3CC3)c(F)c2F)c1C(=O)Nc1cccc(S(C)(=O)=O)c1. The van der Waals surface area contributed by atoms with Crippen LogP contribution in [0.25, 0.3) is 0 Å². The van der Waals surface area contributed by atoms with Crippen molar-refractivity contribution in [3.8, 4) is 11.8 Å². The number of rotatable bonds is 6. The standard InChI is InChI=1S/C22H17F5N4O4S/c1-10-15(19(32)29-12-4-3-5-13(8-12)36(2,33)34)20(31-30-18(10)22(25,26)27)35-21-17(24)16(23)14(9-28-21)11-6-7-11/h3-5,8-9,11H,6-7H2,1-2H3,(H,29,32). The highest BCUT2D eigenvalue weighted by Crippen LogP contribution is 2.42. The van der Waals surface area contributed by atoms with E-state index in [0.717, 1.165) is 25.4 Å². The summed E-state index contributed by atoms with van der Waals surface area (Å²) in [5.74, 6) is -5.89. The average Bonchev–Trinajstić information content (AvgIpc) is 3.61. The van der Waals surface area contributed by atoms with E-state index >= 15 is 0 Å². The lowest BCUT2D eigenvalue weighted by atomic mass is 10.1. The molecule has 4 rings (SSSR count). The molecule has 0 atom stereocenters. The maximum absolute atomic E-state index is 14.6. The van der Waals surface area contributed by atoms with Crippen molar-refractivity contribution in [3.05, 3.63) is 64.5 Å². The largest absolute Gasteiger partial charge is 0.435 e. The molecule has 3 aromatic rings. The number of aromatic nitrogens is 3. The highest BCUT2D eigenvalue weighted by molar-refractivity contribution is 7.90. The predicted molar refractivity (Wildman–Crippen MR) is 115 cm³/mol. The van der Waals surface area contributed by atoms with Gasteiger partial charge >= 0.3 is 6.18 Å². The summed E-state index contributed by atoms with van der Waals surface area (Å²) in [7, 11) is -3.66. The third-order valence-electron chi connectivity index (χ3n) is 5.37. The molecule has 0 bridgehead atoms. The number of benzene rings is 1. The van der Waals surface area contributed by atoms with Gasteiger partial charge in [0.05, 0.1) is 4.90 Å². The Hall–Kier alpha value is -3.68. The first-order valence-corrected chi connectivity index (χ1v) is 12.2. The van der Waals surface area contributed by atoms with Gasteiger partial charge in [-0.3, -0.25) is 4.79 Å². The number of carbonyl (C=O) groups excluding carboxylic acids is 1. The zero-order chi connectivity index (χ0) is 26.4. The molecule has 0 radical (unpaired) electrons. The van der Waals surface area contributed by atoms with Crippen LogP contribution in [0.5, 0.6) is 11.8 Å². The van der Waals surface area contributed by atoms with E-state index in [1.165, 1.54) is 18.2 Å². The lowest BCUT2D eigenvalue weighted by Crippen LogP contribution is -2.21. The molecule has 0 saturated heterocycles. The summed E-state index contributed by atoms with van der Waals surface area (Å²) in [6, 6.07) is 4.96. The first-order valence-electron chi connectivity index (χ1n) is 10.3. The molecular weight excluding hydrogens is 511 g/mol. The average molecular weight is 528 g/mol. The predicted octanol–water partition coefficient (Wildman–Crippen LogP) is 4.80. The molecule has 0 aliphatic heterocycles. The number of amides is 1. The van der Waals surface area contributed by atoms with Crippen molar-refractivity contribution < 1.29 is 39.9 Å². The van der Waals surface area contributed by atoms with Gasteiger partial charge in [-0.05, 0) is 49.4 Å². The van der Waals surface area contributed by atoms with Crippen LogP contribution in [0.2, 0.25) is 0 Å². The molecule has 190 valence electrons. The minimum Gasteiger partial charge on any atom is -0.415 e. The van der Waals surface area contributed by atoms with Gasteiger partial charge < -0.3 is 10.1 Å². The molecule has 1 aliphatic rings. The summed E-state index contributed by atoms with van der Waals surface area (Å²) >= 11 is 0. The van der Waals surface area contributed by atoms with Crippen molar-refractivity contribution in [2.75, 3.05) is 11.6 Å². The Bertz CT molecular complexity index is 1470. The number of carbonyl (C=O) groups is 1. The second-order valence-electron chi connectivity index (χ2n) is 8.13. The molecule has 1 fully saturated rings. The summed E-state index contributed by atoms with van der Waals surface area (Å²) in [5.41, 5.74) is -3.02. The number of halogens is 5. The van der Waals surface area contributed by atoms with E-state index in [0.29, 0.717) is 12.8 Å². The summed E-state index contributed by atoms with van der Waals surface area (Å²) in [5, 5.41) is 8.60. The van der Waals surface area contributed by atoms with Crippen molar-refractivity contribution >= 4 is 21.4 Å². The Morgan fingerprint density at radius 1 is 1.11 bits per heavy atom. The van der Waals surface area contributed by atoms with Gasteiger partial charge in [0.15, 0.2) is 21.3 Å². The number of alkyl halides is 3. The number of hydrogen-bond acceptors (Lipinski definition) is 7. The summed E-state index contributed by atoms with van der Waals surface area (Å²) < 4.78 is 98.1. The van der Waals surface area contributed by atoms with Gasteiger partial charge in [-0.2, -0.15) is 17.6 Å². The number of nitrogens with zero attached hydrogens (tertiary/aromatic N) is 3. The fourth-order valence-electron chi connectivity index (χ4n) is 3.41. The van der Waals surface area contributed by atoms with Crippen molar-refractivity contribution in [2.24, 2.45) is 0 Å². The van der Waals surface area contributed by atoms with Crippen LogP contribution in [0.4, 0.5) is 27.6 Å². The van der Waals surface area contributed by atoms with Crippen LogP contribution in [-0.2, 0) is 16.0 Å². The van der Waals surface area contributed by atoms with Crippen molar-refractivity contribution in [1.29, 1.82) is 0 Å². The zero-order valence-electron chi connectivity index (χ0n) is 18.7. The second kappa shape index (κ2) is 9.08. The van der Waals surface area contributed by atoms with Gasteiger partial charge in [-0.15, -0.1) is 10.2 Å². The molecule has 1 amide bonds. The maximum atomic E-state index is 14.6. The Morgan fingerprint density at radius 3 is 2.42 bits per heavy atom. The van der Waals surface area contributed by atoms with Gasteiger partial charge in [0.1, 0.15) is 5.56 Å². The molecule has 1 aromatic carbocycles. The number of hydrogen-bond donors (Lipinski definition) is 1. The van der Waals surface area contributed by atoms with Gasteiger partial charge in [0, 0.05) is 23.7 Å². The number of sulfone groups is 1. The first kappa shape index (κ1) is 25.4. The molecule has 36 heavy (non-hydrogen) atoms. The van der Waals surface area contributed by atoms with Crippen LogP contribution in [-0.4, -0.2) is 35.8 Å². The van der Waals surface area contributed by atoms with Gasteiger partial charge in [-0.25, -0.2) is 17.8 Å². The third-order valence-corrected chi connectivity index (χ3v) is 6.48. The van der Waals surface area contributed by atoms with E-state index in [-0.39, 0.29) is 22.1 Å². The van der Waals surface area contributed by atoms with E-state index in [9.17, 15) is 35.2 Å². The monoisotopic (exact) mass is 528 g/mol. The lowest BCUT2D eigenvalue weighted by molar-refractivity contribution is -0.142. The summed E-state index contributed by atoms with van der Waals surface area (Å²) in [4.78, 5) is 16.6. The number of nitrogens with one attached hydrogen (secondary N) is 1. The minimum atomic E-state index is -5.00. The van der Waals surface area contributed by atoms with E-state index in [2.05, 4.69) is 20.5 Å². The van der Waals surface area contributed by atoms with Crippen molar-refractivity contribution in [1.82, 2.24) is 15.2 Å². The summed E-state index contributed by atoms with van der Waals surface area (Å²) in [6.45, 7) is 0.923. The van der Waals surface area contributed by atoms with E-state index < -0.39 is 62.1 Å². The molecule has 1 N–H and O–H groups in total. The fraction of sp³-hybridized carbons (Fsp3) is 0.273. The van der Waals surface area contributed by atoms with Gasteiger partial charge in [0.2, 0.25) is 5.82 Å². The second-order valence-corrected chi connectivity index (χ2v) is 10.1. The van der Waals surface area contributed by atoms with E-state index in [1.807, 2.05) is 0 Å². The Kier molecular flexibility index (Phi) is 6.41. The van der Waals surface area contributed by atoms with Crippen molar-refractivity contribution in [2.45, 2.75) is 36.8 Å². The molecule has 1 saturated carbocycles. The molecule has 2 heterocycles. The maximum Gasteiger partial charge on any atom is 0.435 e. The molecule has 1 aliphatic carbocycles. The zero-order valence-corrected chi connectivity index (χ0v) is 19.5. The van der Waals surface area contributed by atoms with Crippen LogP contribution >= 0.6 is 0 Å². The Labute approximate surface area is 201 Å². The fourth-order valence-corrected chi connectivity index (χ4v) is 4.08. The first-order chi connectivity index (χ1) is 16.8. The topological polar surface area (TPSA) is 111 Å². The van der Waals surface area contributed by atoms with Crippen LogP contribution in [0, 0.1) is 18.6 Å². The number of pyridine rings is 1. The van der Waals surface area contributed by atoms with Crippen LogP contribution in [0.3, 0.4) is 0 Å². The lowest BCUT2D eigenvalue weighted by Gasteiger charge is -2.16. The third kappa shape index (κ3) is 5.12. The number of ether oxygens (including phenoxy) is 1. The van der Waals surface area contributed by atoms with E-state index in [4.69, 9.17) is 4.74 Å². The Morgan fingerprint density at radius 2 is 1.81 bits per heavy atom. The van der Waals surface area contributed by atoms with Crippen LogP contribution in [0.1, 0.15) is 45.9 Å². The number of anilines is 1. The van der Waals surface area contributed by atoms with Gasteiger partial charge in [-0.1, -0.05) is 6.07 Å². The smallest absolute Gasteiger partial charge is 0.415 e. The quantitative estimate of drug-likeness (QED) is 0.458. The van der Waals surface area contributed by atoms with E-state index in [1.54, 1.807) is 0 Å². The molecule has 14 heteroatoms. The minimum absolute atomic E-state index is 0.0401. The van der Waals surface area contributed by atoms with Crippen molar-refractivity contribution in [3.63, 3.8) is 0 Å². The van der Waals surface area contributed by atoms with Crippen LogP contribution < -0.4 is 10.1 Å². The molecule has 8 nitrogen and oxygen atoms in total. The summed E-state index contributed by atoms with van der Waals surface area (Å²) in [6.07, 6.45) is -1.70.